The molecule has 0 unspecified atom stereocenters. The van der Waals surface area contributed by atoms with Gasteiger partial charge in [-0.1, -0.05) is 36.4 Å². The van der Waals surface area contributed by atoms with E-state index in [4.69, 9.17) is 0 Å². The number of sulfone groups is 1. The summed E-state index contributed by atoms with van der Waals surface area (Å²) >= 11 is 1.77. The lowest BCUT2D eigenvalue weighted by atomic mass is 9.93. The van der Waals surface area contributed by atoms with Gasteiger partial charge in [0.05, 0.1) is 17.5 Å². The predicted molar refractivity (Wildman–Crippen MR) is 116 cm³/mol. The van der Waals surface area contributed by atoms with Crippen molar-refractivity contribution in [3.05, 3.63) is 82.0 Å². The van der Waals surface area contributed by atoms with E-state index in [1.807, 2.05) is 18.2 Å². The largest absolute Gasteiger partial charge is 0.325 e. The summed E-state index contributed by atoms with van der Waals surface area (Å²) < 4.78 is 23.5. The van der Waals surface area contributed by atoms with E-state index in [0.29, 0.717) is 5.69 Å². The van der Waals surface area contributed by atoms with E-state index in [1.165, 1.54) is 28.1 Å². The number of anilines is 1. The van der Waals surface area contributed by atoms with Gasteiger partial charge < -0.3 is 5.32 Å². The van der Waals surface area contributed by atoms with E-state index < -0.39 is 9.84 Å². The molecular formula is C22H22N2O3S2. The molecule has 7 heteroatoms. The molecule has 1 aliphatic rings. The highest BCUT2D eigenvalue weighted by molar-refractivity contribution is 7.90. The molecule has 1 N–H and O–H groups in total. The summed E-state index contributed by atoms with van der Waals surface area (Å²) in [5, 5.41) is 4.96. The Morgan fingerprint density at radius 3 is 2.69 bits per heavy atom. The summed E-state index contributed by atoms with van der Waals surface area (Å²) in [5.41, 5.74) is 2.92. The Hall–Kier alpha value is -2.48. The van der Waals surface area contributed by atoms with Gasteiger partial charge in [0.25, 0.3) is 0 Å². The monoisotopic (exact) mass is 426 g/mol. The number of rotatable bonds is 5. The van der Waals surface area contributed by atoms with Crippen LogP contribution in [-0.2, 0) is 21.1 Å². The summed E-state index contributed by atoms with van der Waals surface area (Å²) in [4.78, 5) is 16.5. The molecule has 0 bridgehead atoms. The van der Waals surface area contributed by atoms with Gasteiger partial charge in [-0.05, 0) is 47.2 Å². The second-order valence-corrected chi connectivity index (χ2v) is 10.2. The molecule has 0 saturated heterocycles. The second kappa shape index (κ2) is 8.10. The average molecular weight is 427 g/mol. The molecule has 150 valence electrons. The van der Waals surface area contributed by atoms with Crippen LogP contribution < -0.4 is 5.32 Å². The number of carbonyl (C=O) groups excluding carboxylic acids is 1. The quantitative estimate of drug-likeness (QED) is 0.675. The summed E-state index contributed by atoms with van der Waals surface area (Å²) in [7, 11) is -3.32. The molecule has 1 aromatic heterocycles. The Morgan fingerprint density at radius 2 is 1.93 bits per heavy atom. The second-order valence-electron chi connectivity index (χ2n) is 7.18. The number of hydrogen-bond acceptors (Lipinski definition) is 5. The number of nitrogens with zero attached hydrogens (tertiary/aromatic N) is 1. The highest BCUT2D eigenvalue weighted by Gasteiger charge is 2.30. The SMILES string of the molecule is CS(=O)(=O)c1cccc(NC(=O)CN2CCc3sccc3[C@H]2c2ccccc2)c1. The van der Waals surface area contributed by atoms with Crippen molar-refractivity contribution in [2.75, 3.05) is 24.7 Å². The fourth-order valence-electron chi connectivity index (χ4n) is 3.75. The van der Waals surface area contributed by atoms with E-state index >= 15 is 0 Å². The smallest absolute Gasteiger partial charge is 0.238 e. The van der Waals surface area contributed by atoms with Gasteiger partial charge in [0.1, 0.15) is 0 Å². The Morgan fingerprint density at radius 1 is 1.14 bits per heavy atom. The summed E-state index contributed by atoms with van der Waals surface area (Å²) in [5.74, 6) is -0.157. The minimum Gasteiger partial charge on any atom is -0.325 e. The topological polar surface area (TPSA) is 66.5 Å². The summed E-state index contributed by atoms with van der Waals surface area (Å²) in [6.07, 6.45) is 2.08. The predicted octanol–water partition coefficient (Wildman–Crippen LogP) is 3.74. The van der Waals surface area contributed by atoms with Crippen LogP contribution in [0.15, 0.2) is 70.9 Å². The molecule has 1 aliphatic heterocycles. The first kappa shape index (κ1) is 19.8. The van der Waals surface area contributed by atoms with Gasteiger partial charge in [-0.25, -0.2) is 8.42 Å². The van der Waals surface area contributed by atoms with Crippen molar-refractivity contribution < 1.29 is 13.2 Å². The zero-order valence-electron chi connectivity index (χ0n) is 16.0. The minimum atomic E-state index is -3.32. The molecular weight excluding hydrogens is 404 g/mol. The number of thiophene rings is 1. The highest BCUT2D eigenvalue weighted by atomic mass is 32.2. The van der Waals surface area contributed by atoms with Crippen LogP contribution in [0.3, 0.4) is 0 Å². The van der Waals surface area contributed by atoms with Crippen LogP contribution in [0.4, 0.5) is 5.69 Å². The molecule has 1 atom stereocenters. The van der Waals surface area contributed by atoms with Crippen molar-refractivity contribution in [1.29, 1.82) is 0 Å². The lowest BCUT2D eigenvalue weighted by Gasteiger charge is -2.35. The van der Waals surface area contributed by atoms with Crippen molar-refractivity contribution in [2.45, 2.75) is 17.4 Å². The summed E-state index contributed by atoms with van der Waals surface area (Å²) in [6.45, 7) is 1.03. The fourth-order valence-corrected chi connectivity index (χ4v) is 5.32. The molecule has 0 fully saturated rings. The Labute approximate surface area is 174 Å². The molecule has 0 radical (unpaired) electrons. The molecule has 3 aromatic rings. The van der Waals surface area contributed by atoms with Gasteiger partial charge in [0.2, 0.25) is 5.91 Å². The first-order valence-electron chi connectivity index (χ1n) is 9.37. The van der Waals surface area contributed by atoms with Gasteiger partial charge in [-0.2, -0.15) is 0 Å². The summed E-state index contributed by atoms with van der Waals surface area (Å²) in [6, 6.07) is 18.8. The lowest BCUT2D eigenvalue weighted by Crippen LogP contribution is -2.40. The van der Waals surface area contributed by atoms with Crippen molar-refractivity contribution >= 4 is 32.8 Å². The van der Waals surface area contributed by atoms with Crippen LogP contribution in [0.25, 0.3) is 0 Å². The maximum absolute atomic E-state index is 12.8. The average Bonchev–Trinajstić information content (AvgIpc) is 3.16. The maximum atomic E-state index is 12.8. The van der Waals surface area contributed by atoms with Crippen LogP contribution in [-0.4, -0.2) is 38.6 Å². The van der Waals surface area contributed by atoms with Crippen LogP contribution in [0.2, 0.25) is 0 Å². The van der Waals surface area contributed by atoms with Gasteiger partial charge in [0.15, 0.2) is 9.84 Å². The normalized spacial score (nSPS) is 16.9. The number of nitrogens with one attached hydrogen (secondary N) is 1. The molecule has 2 heterocycles. The fraction of sp³-hybridized carbons (Fsp3) is 0.227. The van der Waals surface area contributed by atoms with E-state index in [1.54, 1.807) is 23.5 Å². The van der Waals surface area contributed by atoms with Gasteiger partial charge in [-0.15, -0.1) is 11.3 Å². The lowest BCUT2D eigenvalue weighted by molar-refractivity contribution is -0.117. The number of carbonyl (C=O) groups is 1. The van der Waals surface area contributed by atoms with E-state index in [-0.39, 0.29) is 23.4 Å². The van der Waals surface area contributed by atoms with Crippen molar-refractivity contribution in [1.82, 2.24) is 4.90 Å². The maximum Gasteiger partial charge on any atom is 0.238 e. The highest BCUT2D eigenvalue weighted by Crippen LogP contribution is 2.37. The minimum absolute atomic E-state index is 0.0410. The third kappa shape index (κ3) is 4.42. The van der Waals surface area contributed by atoms with Crippen LogP contribution in [0.5, 0.6) is 0 Å². The molecule has 0 spiro atoms. The zero-order valence-corrected chi connectivity index (χ0v) is 17.7. The molecule has 29 heavy (non-hydrogen) atoms. The first-order chi connectivity index (χ1) is 13.9. The standard InChI is InChI=1S/C22H22N2O3S2/c1-29(26,27)18-9-5-8-17(14-18)23-21(25)15-24-12-10-20-19(11-13-28-20)22(24)16-6-3-2-4-7-16/h2-9,11,13-14,22H,10,12,15H2,1H3,(H,23,25)/t22-/m1/s1. The Balaban J connectivity index is 1.54. The van der Waals surface area contributed by atoms with E-state index in [9.17, 15) is 13.2 Å². The van der Waals surface area contributed by atoms with Crippen molar-refractivity contribution in [3.8, 4) is 0 Å². The van der Waals surface area contributed by atoms with Crippen LogP contribution in [0, 0.1) is 0 Å². The molecule has 4 rings (SSSR count). The number of benzene rings is 2. The number of fused-ring (bicyclic) bond motifs is 1. The Bertz CT molecular complexity index is 1120. The van der Waals surface area contributed by atoms with Gasteiger partial charge in [-0.3, -0.25) is 9.69 Å². The van der Waals surface area contributed by atoms with E-state index in [0.717, 1.165) is 19.2 Å². The number of hydrogen-bond donors (Lipinski definition) is 1. The third-order valence-electron chi connectivity index (χ3n) is 5.07. The molecule has 5 nitrogen and oxygen atoms in total. The molecule has 0 aliphatic carbocycles. The third-order valence-corrected chi connectivity index (χ3v) is 7.18. The van der Waals surface area contributed by atoms with Crippen molar-refractivity contribution in [3.63, 3.8) is 0 Å². The van der Waals surface area contributed by atoms with E-state index in [2.05, 4.69) is 33.8 Å². The first-order valence-corrected chi connectivity index (χ1v) is 12.1. The van der Waals surface area contributed by atoms with Crippen molar-refractivity contribution in [2.24, 2.45) is 0 Å². The van der Waals surface area contributed by atoms with Crippen LogP contribution in [0.1, 0.15) is 22.0 Å². The molecule has 2 aromatic carbocycles. The number of amides is 1. The van der Waals surface area contributed by atoms with Gasteiger partial charge in [0, 0.05) is 23.4 Å². The van der Waals surface area contributed by atoms with Gasteiger partial charge >= 0.3 is 0 Å². The molecule has 0 saturated carbocycles. The van der Waals surface area contributed by atoms with Crippen LogP contribution >= 0.6 is 11.3 Å². The zero-order chi connectivity index (χ0) is 20.4. The Kier molecular flexibility index (Phi) is 5.54. The molecule has 1 amide bonds.